The molecule has 0 N–H and O–H groups in total. The van der Waals surface area contributed by atoms with Gasteiger partial charge in [-0.3, -0.25) is 4.79 Å². The molecular formula is C21H23NO4S. The molecule has 1 saturated heterocycles. The van der Waals surface area contributed by atoms with Gasteiger partial charge < -0.3 is 14.4 Å². The molecule has 2 aliphatic rings. The van der Waals surface area contributed by atoms with Crippen molar-refractivity contribution in [3.63, 3.8) is 0 Å². The fourth-order valence-electron chi connectivity index (χ4n) is 3.96. The first-order valence-electron chi connectivity index (χ1n) is 9.31. The van der Waals surface area contributed by atoms with Crippen LogP contribution in [0.25, 0.3) is 10.4 Å². The van der Waals surface area contributed by atoms with Crippen molar-refractivity contribution in [1.82, 2.24) is 4.90 Å². The van der Waals surface area contributed by atoms with Crippen LogP contribution in [-0.4, -0.2) is 36.5 Å². The molecule has 2 aromatic rings. The highest BCUT2D eigenvalue weighted by Gasteiger charge is 2.27. The molecule has 4 rings (SSSR count). The smallest absolute Gasteiger partial charge is 0.348 e. The molecule has 1 fully saturated rings. The quantitative estimate of drug-likeness (QED) is 0.750. The number of esters is 1. The summed E-state index contributed by atoms with van der Waals surface area (Å²) in [6.07, 6.45) is 1.13. The number of nitrogens with zero attached hydrogens (tertiary/aromatic N) is 1. The topological polar surface area (TPSA) is 55.8 Å². The fraction of sp³-hybridized carbons (Fsp3) is 0.429. The molecule has 0 bridgehead atoms. The Labute approximate surface area is 162 Å². The summed E-state index contributed by atoms with van der Waals surface area (Å²) in [6, 6.07) is 9.61. The molecule has 0 radical (unpaired) electrons. The van der Waals surface area contributed by atoms with E-state index in [0.717, 1.165) is 41.3 Å². The number of para-hydroxylation sites is 1. The molecular weight excluding hydrogens is 362 g/mol. The predicted octanol–water partition coefficient (Wildman–Crippen LogP) is 3.97. The Hall–Kier alpha value is -2.34. The van der Waals surface area contributed by atoms with Crippen LogP contribution in [0.2, 0.25) is 0 Å². The van der Waals surface area contributed by atoms with E-state index in [2.05, 4.69) is 13.8 Å². The number of amides is 1. The third kappa shape index (κ3) is 3.72. The lowest BCUT2D eigenvalue weighted by Crippen LogP contribution is -2.44. The molecule has 2 aliphatic heterocycles. The summed E-state index contributed by atoms with van der Waals surface area (Å²) >= 11 is 1.39. The zero-order valence-electron chi connectivity index (χ0n) is 15.6. The van der Waals surface area contributed by atoms with Gasteiger partial charge in [-0.1, -0.05) is 26.0 Å². The maximum atomic E-state index is 12.5. The molecule has 27 heavy (non-hydrogen) atoms. The van der Waals surface area contributed by atoms with Crippen LogP contribution in [0, 0.1) is 11.8 Å². The zero-order valence-corrected chi connectivity index (χ0v) is 16.4. The van der Waals surface area contributed by atoms with E-state index < -0.39 is 5.97 Å². The highest BCUT2D eigenvalue weighted by Crippen LogP contribution is 2.42. The number of hydrogen-bond acceptors (Lipinski definition) is 5. The molecule has 142 valence electrons. The van der Waals surface area contributed by atoms with Crippen LogP contribution in [0.3, 0.4) is 0 Å². The van der Waals surface area contributed by atoms with Gasteiger partial charge in [0.1, 0.15) is 17.2 Å². The van der Waals surface area contributed by atoms with Gasteiger partial charge in [-0.25, -0.2) is 4.79 Å². The summed E-state index contributed by atoms with van der Waals surface area (Å²) in [6.45, 7) is 6.02. The Morgan fingerprint density at radius 3 is 2.74 bits per heavy atom. The van der Waals surface area contributed by atoms with Crippen molar-refractivity contribution >= 4 is 23.2 Å². The minimum absolute atomic E-state index is 0.114. The SMILES string of the molecule is CC1CC(C)CN(C(=O)COC(=O)c2cc3c(s2)-c2ccccc2OC3)C1. The molecule has 2 unspecified atom stereocenters. The lowest BCUT2D eigenvalue weighted by Gasteiger charge is -2.34. The van der Waals surface area contributed by atoms with Crippen LogP contribution in [-0.2, 0) is 16.1 Å². The Morgan fingerprint density at radius 2 is 1.96 bits per heavy atom. The highest BCUT2D eigenvalue weighted by atomic mass is 32.1. The predicted molar refractivity (Wildman–Crippen MR) is 104 cm³/mol. The van der Waals surface area contributed by atoms with E-state index in [9.17, 15) is 9.59 Å². The van der Waals surface area contributed by atoms with Gasteiger partial charge in [0.25, 0.3) is 5.91 Å². The first kappa shape index (κ1) is 18.0. The van der Waals surface area contributed by atoms with E-state index in [0.29, 0.717) is 23.3 Å². The zero-order chi connectivity index (χ0) is 19.0. The molecule has 2 atom stereocenters. The lowest BCUT2D eigenvalue weighted by molar-refractivity contribution is -0.137. The van der Waals surface area contributed by atoms with Gasteiger partial charge in [-0.05, 0) is 36.5 Å². The molecule has 0 saturated carbocycles. The van der Waals surface area contributed by atoms with Gasteiger partial charge in [0.2, 0.25) is 0 Å². The molecule has 6 heteroatoms. The summed E-state index contributed by atoms with van der Waals surface area (Å²) in [5, 5.41) is 0. The summed E-state index contributed by atoms with van der Waals surface area (Å²) in [5.74, 6) is 1.24. The number of thiophene rings is 1. The number of hydrogen-bond donors (Lipinski definition) is 0. The van der Waals surface area contributed by atoms with Gasteiger partial charge in [0, 0.05) is 29.1 Å². The van der Waals surface area contributed by atoms with Crippen LogP contribution in [0.1, 0.15) is 35.5 Å². The maximum absolute atomic E-state index is 12.5. The number of likely N-dealkylation sites (tertiary alicyclic amines) is 1. The number of rotatable bonds is 3. The van der Waals surface area contributed by atoms with E-state index in [1.54, 1.807) is 0 Å². The molecule has 0 spiro atoms. The number of benzene rings is 1. The lowest BCUT2D eigenvalue weighted by atomic mass is 9.92. The van der Waals surface area contributed by atoms with Gasteiger partial charge >= 0.3 is 5.97 Å². The van der Waals surface area contributed by atoms with E-state index in [4.69, 9.17) is 9.47 Å². The summed E-state index contributed by atoms with van der Waals surface area (Å²) in [7, 11) is 0. The van der Waals surface area contributed by atoms with Gasteiger partial charge in [-0.2, -0.15) is 0 Å². The van der Waals surface area contributed by atoms with Crippen molar-refractivity contribution < 1.29 is 19.1 Å². The summed E-state index contributed by atoms with van der Waals surface area (Å²) in [4.78, 5) is 28.2. The molecule has 1 amide bonds. The standard InChI is InChI=1S/C21H23NO4S/c1-13-7-14(2)10-22(9-13)19(23)12-26-21(24)18-8-15-11-25-17-6-4-3-5-16(17)20(15)27-18/h3-6,8,13-14H,7,9-12H2,1-2H3. The second-order valence-corrected chi connectivity index (χ2v) is 8.62. The van der Waals surface area contributed by atoms with Crippen LogP contribution in [0.4, 0.5) is 0 Å². The van der Waals surface area contributed by atoms with Crippen LogP contribution in [0.5, 0.6) is 5.75 Å². The van der Waals surface area contributed by atoms with Crippen molar-refractivity contribution in [3.05, 3.63) is 40.8 Å². The van der Waals surface area contributed by atoms with Crippen LogP contribution < -0.4 is 4.74 Å². The monoisotopic (exact) mass is 385 g/mol. The molecule has 5 nitrogen and oxygen atoms in total. The Balaban J connectivity index is 1.41. The van der Waals surface area contributed by atoms with Crippen molar-refractivity contribution in [3.8, 4) is 16.2 Å². The van der Waals surface area contributed by atoms with Crippen molar-refractivity contribution in [2.45, 2.75) is 26.9 Å². The average molecular weight is 385 g/mol. The van der Waals surface area contributed by atoms with Crippen LogP contribution in [0.15, 0.2) is 30.3 Å². The maximum Gasteiger partial charge on any atom is 0.348 e. The van der Waals surface area contributed by atoms with Gasteiger partial charge in [0.15, 0.2) is 6.61 Å². The Bertz CT molecular complexity index is 865. The molecule has 1 aromatic carbocycles. The van der Waals surface area contributed by atoms with Crippen molar-refractivity contribution in [1.29, 1.82) is 0 Å². The second kappa shape index (κ2) is 7.35. The first-order chi connectivity index (χ1) is 13.0. The van der Waals surface area contributed by atoms with Gasteiger partial charge in [-0.15, -0.1) is 11.3 Å². The number of carbonyl (C=O) groups excluding carboxylic acids is 2. The first-order valence-corrected chi connectivity index (χ1v) is 10.1. The minimum atomic E-state index is -0.446. The van der Waals surface area contributed by atoms with E-state index in [-0.39, 0.29) is 12.5 Å². The van der Waals surface area contributed by atoms with E-state index in [1.165, 1.54) is 11.3 Å². The fourth-order valence-corrected chi connectivity index (χ4v) is 5.05. The number of piperidine rings is 1. The number of fused-ring (bicyclic) bond motifs is 3. The van der Waals surface area contributed by atoms with Crippen molar-refractivity contribution in [2.24, 2.45) is 11.8 Å². The number of ether oxygens (including phenoxy) is 2. The summed E-state index contributed by atoms with van der Waals surface area (Å²) in [5.41, 5.74) is 1.98. The van der Waals surface area contributed by atoms with E-state index in [1.807, 2.05) is 35.2 Å². The second-order valence-electron chi connectivity index (χ2n) is 7.57. The molecule has 1 aromatic heterocycles. The summed E-state index contributed by atoms with van der Waals surface area (Å²) < 4.78 is 11.1. The third-order valence-corrected chi connectivity index (χ3v) is 6.26. The normalized spacial score (nSPS) is 21.0. The number of carbonyl (C=O) groups is 2. The van der Waals surface area contributed by atoms with Crippen LogP contribution >= 0.6 is 11.3 Å². The highest BCUT2D eigenvalue weighted by molar-refractivity contribution is 7.17. The molecule has 0 aliphatic carbocycles. The molecule has 3 heterocycles. The third-order valence-electron chi connectivity index (χ3n) is 5.07. The Morgan fingerprint density at radius 1 is 1.22 bits per heavy atom. The van der Waals surface area contributed by atoms with E-state index >= 15 is 0 Å². The minimum Gasteiger partial charge on any atom is -0.488 e. The average Bonchev–Trinajstić information content (AvgIpc) is 3.10. The largest absolute Gasteiger partial charge is 0.488 e. The Kier molecular flexibility index (Phi) is 4.91. The van der Waals surface area contributed by atoms with Crippen molar-refractivity contribution in [2.75, 3.05) is 19.7 Å². The van der Waals surface area contributed by atoms with Gasteiger partial charge in [0.05, 0.1) is 0 Å².